The number of rotatable bonds is 2. The first kappa shape index (κ1) is 10.2. The Kier molecular flexibility index (Phi) is 3.35. The van der Waals surface area contributed by atoms with Crippen LogP contribution in [0.5, 0.6) is 0 Å². The number of amides is 1. The van der Waals surface area contributed by atoms with Crippen LogP contribution in [0.15, 0.2) is 30.3 Å². The Bertz CT molecular complexity index is 324. The number of hydrogen-bond acceptors (Lipinski definition) is 2. The SMILES string of the molecule is O=C1CCN(Cc2ccccc2)CCN1. The minimum Gasteiger partial charge on any atom is -0.355 e. The van der Waals surface area contributed by atoms with E-state index in [1.54, 1.807) is 0 Å². The largest absolute Gasteiger partial charge is 0.355 e. The summed E-state index contributed by atoms with van der Waals surface area (Å²) in [6, 6.07) is 10.4. The summed E-state index contributed by atoms with van der Waals surface area (Å²) >= 11 is 0. The first-order valence-corrected chi connectivity index (χ1v) is 5.37. The van der Waals surface area contributed by atoms with Gasteiger partial charge in [-0.3, -0.25) is 9.69 Å². The van der Waals surface area contributed by atoms with E-state index in [0.29, 0.717) is 6.42 Å². The summed E-state index contributed by atoms with van der Waals surface area (Å²) in [6.45, 7) is 3.52. The van der Waals surface area contributed by atoms with Gasteiger partial charge in [0.2, 0.25) is 5.91 Å². The van der Waals surface area contributed by atoms with Gasteiger partial charge in [0.15, 0.2) is 0 Å². The Labute approximate surface area is 90.1 Å². The highest BCUT2D eigenvalue weighted by Crippen LogP contribution is 2.05. The molecule has 1 N–H and O–H groups in total. The lowest BCUT2D eigenvalue weighted by molar-refractivity contribution is -0.120. The predicted molar refractivity (Wildman–Crippen MR) is 59.3 cm³/mol. The second-order valence-corrected chi connectivity index (χ2v) is 3.86. The fourth-order valence-electron chi connectivity index (χ4n) is 1.81. The van der Waals surface area contributed by atoms with Gasteiger partial charge in [-0.05, 0) is 5.56 Å². The fourth-order valence-corrected chi connectivity index (χ4v) is 1.81. The van der Waals surface area contributed by atoms with Crippen molar-refractivity contribution in [3.05, 3.63) is 35.9 Å². The Hall–Kier alpha value is -1.35. The highest BCUT2D eigenvalue weighted by atomic mass is 16.1. The van der Waals surface area contributed by atoms with Crippen molar-refractivity contribution in [3.63, 3.8) is 0 Å². The summed E-state index contributed by atoms with van der Waals surface area (Å²) in [6.07, 6.45) is 0.618. The summed E-state index contributed by atoms with van der Waals surface area (Å²) in [4.78, 5) is 13.5. The molecule has 0 saturated carbocycles. The van der Waals surface area contributed by atoms with E-state index in [9.17, 15) is 4.79 Å². The first-order chi connectivity index (χ1) is 7.34. The van der Waals surface area contributed by atoms with E-state index in [1.807, 2.05) is 6.07 Å². The number of hydrogen-bond donors (Lipinski definition) is 1. The van der Waals surface area contributed by atoms with Crippen molar-refractivity contribution in [1.29, 1.82) is 0 Å². The maximum Gasteiger partial charge on any atom is 0.221 e. The van der Waals surface area contributed by atoms with E-state index in [1.165, 1.54) is 5.56 Å². The second kappa shape index (κ2) is 4.94. The van der Waals surface area contributed by atoms with Crippen molar-refractivity contribution in [2.75, 3.05) is 19.6 Å². The molecule has 1 aromatic rings. The standard InChI is InChI=1S/C12H16N2O/c15-12-6-8-14(9-7-13-12)10-11-4-2-1-3-5-11/h1-5H,6-10H2,(H,13,15). The molecule has 2 rings (SSSR count). The van der Waals surface area contributed by atoms with Gasteiger partial charge in [-0.15, -0.1) is 0 Å². The van der Waals surface area contributed by atoms with Gasteiger partial charge < -0.3 is 5.32 Å². The van der Waals surface area contributed by atoms with Crippen LogP contribution in [-0.2, 0) is 11.3 Å². The number of benzene rings is 1. The average Bonchev–Trinajstić information content (AvgIpc) is 2.46. The van der Waals surface area contributed by atoms with Crippen LogP contribution >= 0.6 is 0 Å². The molecule has 1 amide bonds. The zero-order valence-electron chi connectivity index (χ0n) is 8.78. The van der Waals surface area contributed by atoms with Crippen LogP contribution in [0.4, 0.5) is 0 Å². The summed E-state index contributed by atoms with van der Waals surface area (Å²) in [5, 5.41) is 2.88. The molecule has 3 nitrogen and oxygen atoms in total. The predicted octanol–water partition coefficient (Wildman–Crippen LogP) is 1.01. The van der Waals surface area contributed by atoms with Gasteiger partial charge in [-0.25, -0.2) is 0 Å². The third kappa shape index (κ3) is 3.06. The Morgan fingerprint density at radius 1 is 1.20 bits per heavy atom. The molecular weight excluding hydrogens is 188 g/mol. The zero-order chi connectivity index (χ0) is 10.5. The summed E-state index contributed by atoms with van der Waals surface area (Å²) in [5.41, 5.74) is 1.31. The van der Waals surface area contributed by atoms with Gasteiger partial charge in [0.1, 0.15) is 0 Å². The number of carbonyl (C=O) groups is 1. The molecule has 1 saturated heterocycles. The maximum atomic E-state index is 11.1. The van der Waals surface area contributed by atoms with Crippen LogP contribution in [0.1, 0.15) is 12.0 Å². The quantitative estimate of drug-likeness (QED) is 0.779. The smallest absolute Gasteiger partial charge is 0.221 e. The molecule has 3 heteroatoms. The van der Waals surface area contributed by atoms with Gasteiger partial charge in [0, 0.05) is 32.6 Å². The van der Waals surface area contributed by atoms with E-state index in [4.69, 9.17) is 0 Å². The van der Waals surface area contributed by atoms with Crippen molar-refractivity contribution in [2.45, 2.75) is 13.0 Å². The molecule has 0 bridgehead atoms. The Balaban J connectivity index is 1.92. The number of carbonyl (C=O) groups excluding carboxylic acids is 1. The lowest BCUT2D eigenvalue weighted by Crippen LogP contribution is -2.28. The molecular formula is C12H16N2O. The third-order valence-electron chi connectivity index (χ3n) is 2.65. The number of nitrogens with zero attached hydrogens (tertiary/aromatic N) is 1. The molecule has 1 aromatic carbocycles. The maximum absolute atomic E-state index is 11.1. The topological polar surface area (TPSA) is 32.3 Å². The van der Waals surface area contributed by atoms with E-state index in [-0.39, 0.29) is 5.91 Å². The zero-order valence-corrected chi connectivity index (χ0v) is 8.78. The molecule has 0 unspecified atom stereocenters. The lowest BCUT2D eigenvalue weighted by Gasteiger charge is -2.18. The van der Waals surface area contributed by atoms with Gasteiger partial charge in [-0.2, -0.15) is 0 Å². The van der Waals surface area contributed by atoms with Crippen LogP contribution in [0.25, 0.3) is 0 Å². The summed E-state index contributed by atoms with van der Waals surface area (Å²) in [5.74, 6) is 0.172. The van der Waals surface area contributed by atoms with Gasteiger partial charge in [0.25, 0.3) is 0 Å². The molecule has 15 heavy (non-hydrogen) atoms. The highest BCUT2D eigenvalue weighted by molar-refractivity contribution is 5.76. The van der Waals surface area contributed by atoms with E-state index in [2.05, 4.69) is 34.5 Å². The van der Waals surface area contributed by atoms with Crippen molar-refractivity contribution < 1.29 is 4.79 Å². The summed E-state index contributed by atoms with van der Waals surface area (Å²) in [7, 11) is 0. The van der Waals surface area contributed by atoms with Crippen molar-refractivity contribution >= 4 is 5.91 Å². The van der Waals surface area contributed by atoms with E-state index < -0.39 is 0 Å². The fraction of sp³-hybridized carbons (Fsp3) is 0.417. The molecule has 1 aliphatic rings. The molecule has 0 atom stereocenters. The third-order valence-corrected chi connectivity index (χ3v) is 2.65. The van der Waals surface area contributed by atoms with Crippen molar-refractivity contribution in [3.8, 4) is 0 Å². The van der Waals surface area contributed by atoms with Crippen LogP contribution < -0.4 is 5.32 Å². The van der Waals surface area contributed by atoms with Gasteiger partial charge >= 0.3 is 0 Å². The molecule has 0 aliphatic carbocycles. The van der Waals surface area contributed by atoms with Crippen LogP contribution in [0, 0.1) is 0 Å². The molecule has 0 aromatic heterocycles. The molecule has 1 aliphatic heterocycles. The Morgan fingerprint density at radius 3 is 2.80 bits per heavy atom. The monoisotopic (exact) mass is 204 g/mol. The average molecular weight is 204 g/mol. The minimum atomic E-state index is 0.172. The molecule has 0 radical (unpaired) electrons. The second-order valence-electron chi connectivity index (χ2n) is 3.86. The normalized spacial score (nSPS) is 18.3. The minimum absolute atomic E-state index is 0.172. The van der Waals surface area contributed by atoms with E-state index in [0.717, 1.165) is 26.2 Å². The Morgan fingerprint density at radius 2 is 2.00 bits per heavy atom. The molecule has 1 fully saturated rings. The van der Waals surface area contributed by atoms with E-state index >= 15 is 0 Å². The van der Waals surface area contributed by atoms with Crippen molar-refractivity contribution in [1.82, 2.24) is 10.2 Å². The highest BCUT2D eigenvalue weighted by Gasteiger charge is 2.12. The molecule has 1 heterocycles. The van der Waals surface area contributed by atoms with Crippen molar-refractivity contribution in [2.24, 2.45) is 0 Å². The summed E-state index contributed by atoms with van der Waals surface area (Å²) < 4.78 is 0. The molecule has 80 valence electrons. The van der Waals surface area contributed by atoms with Gasteiger partial charge in [0.05, 0.1) is 0 Å². The van der Waals surface area contributed by atoms with Crippen LogP contribution in [-0.4, -0.2) is 30.4 Å². The number of nitrogens with one attached hydrogen (secondary N) is 1. The molecule has 0 spiro atoms. The lowest BCUT2D eigenvalue weighted by atomic mass is 10.2. The van der Waals surface area contributed by atoms with Crippen LogP contribution in [0.2, 0.25) is 0 Å². The van der Waals surface area contributed by atoms with Crippen LogP contribution in [0.3, 0.4) is 0 Å². The first-order valence-electron chi connectivity index (χ1n) is 5.37. The van der Waals surface area contributed by atoms with Gasteiger partial charge in [-0.1, -0.05) is 30.3 Å².